The number of fused-ring (bicyclic) bond motifs is 1. The molecule has 2 aliphatic heterocycles. The lowest BCUT2D eigenvalue weighted by atomic mass is 10.0. The number of amides is 1. The number of aliphatic hydroxyl groups is 2. The summed E-state index contributed by atoms with van der Waals surface area (Å²) in [6.45, 7) is 2.29. The van der Waals surface area contributed by atoms with Gasteiger partial charge in [0.15, 0.2) is 5.69 Å². The number of piperidine rings is 1. The van der Waals surface area contributed by atoms with Gasteiger partial charge in [-0.15, -0.1) is 0 Å². The maximum atomic E-state index is 13.8. The van der Waals surface area contributed by atoms with Crippen LogP contribution in [-0.4, -0.2) is 64.6 Å². The quantitative estimate of drug-likeness (QED) is 0.490. The molecule has 5 rings (SSSR count). The molecule has 1 fully saturated rings. The molecule has 0 bridgehead atoms. The van der Waals surface area contributed by atoms with Gasteiger partial charge < -0.3 is 29.5 Å². The normalized spacial score (nSPS) is 19.5. The highest BCUT2D eigenvalue weighted by Crippen LogP contribution is 2.32. The van der Waals surface area contributed by atoms with Gasteiger partial charge >= 0.3 is 5.97 Å². The fourth-order valence-corrected chi connectivity index (χ4v) is 4.99. The number of ether oxygens (including phenoxy) is 2. The molecule has 2 aromatic carbocycles. The van der Waals surface area contributed by atoms with Crippen molar-refractivity contribution in [3.63, 3.8) is 0 Å². The summed E-state index contributed by atoms with van der Waals surface area (Å²) in [5.41, 5.74) is 2.98. The molecule has 1 amide bonds. The minimum Gasteiger partial charge on any atom is -0.497 e. The fraction of sp³-hybridized carbons (Fsp3) is 0.370. The van der Waals surface area contributed by atoms with Crippen molar-refractivity contribution in [3.05, 3.63) is 65.5 Å². The van der Waals surface area contributed by atoms with Gasteiger partial charge in [-0.05, 0) is 81.1 Å². The van der Waals surface area contributed by atoms with Gasteiger partial charge in [0.25, 0.3) is 5.91 Å². The fourth-order valence-electron chi connectivity index (χ4n) is 4.99. The summed E-state index contributed by atoms with van der Waals surface area (Å²) in [6, 6.07) is 14.3. The average molecular weight is 507 g/mol. The molecule has 2 N–H and O–H groups in total. The maximum Gasteiger partial charge on any atom is 0.359 e. The number of aromatic nitrogens is 2. The molecule has 3 aromatic rings. The second-order valence-electron chi connectivity index (χ2n) is 9.03. The van der Waals surface area contributed by atoms with Crippen molar-refractivity contribution >= 4 is 23.3 Å². The number of methoxy groups -OCH3 is 1. The monoisotopic (exact) mass is 506 g/mol. The highest BCUT2D eigenvalue weighted by molar-refractivity contribution is 6.09. The largest absolute Gasteiger partial charge is 0.497 e. The highest BCUT2D eigenvalue weighted by atomic mass is 16.5. The molecule has 2 aliphatic rings. The zero-order valence-electron chi connectivity index (χ0n) is 20.8. The Labute approximate surface area is 214 Å². The van der Waals surface area contributed by atoms with E-state index in [1.54, 1.807) is 72.4 Å². The molecule has 0 saturated carbocycles. The van der Waals surface area contributed by atoms with Crippen molar-refractivity contribution in [2.75, 3.05) is 30.1 Å². The van der Waals surface area contributed by atoms with Crippen LogP contribution in [0, 0.1) is 0 Å². The zero-order chi connectivity index (χ0) is 26.1. The summed E-state index contributed by atoms with van der Waals surface area (Å²) in [5.74, 6) is -0.187. The van der Waals surface area contributed by atoms with Crippen molar-refractivity contribution in [2.24, 2.45) is 0 Å². The van der Waals surface area contributed by atoms with Crippen molar-refractivity contribution in [1.29, 1.82) is 0 Å². The molecular weight excluding hydrogens is 476 g/mol. The molecule has 1 aromatic heterocycles. The molecule has 10 heteroatoms. The van der Waals surface area contributed by atoms with E-state index in [0.29, 0.717) is 59.9 Å². The van der Waals surface area contributed by atoms with E-state index < -0.39 is 18.4 Å². The molecule has 194 valence electrons. The molecule has 2 unspecified atom stereocenters. The predicted molar refractivity (Wildman–Crippen MR) is 136 cm³/mol. The summed E-state index contributed by atoms with van der Waals surface area (Å²) in [6.07, 6.45) is 0.852. The topological polar surface area (TPSA) is 117 Å². The van der Waals surface area contributed by atoms with E-state index in [0.717, 1.165) is 6.42 Å². The van der Waals surface area contributed by atoms with Gasteiger partial charge in [0.2, 0.25) is 0 Å². The third-order valence-electron chi connectivity index (χ3n) is 6.83. The van der Waals surface area contributed by atoms with Gasteiger partial charge in [-0.25, -0.2) is 9.48 Å². The molecule has 2 atom stereocenters. The lowest BCUT2D eigenvalue weighted by Crippen LogP contribution is -2.46. The average Bonchev–Trinajstić information content (AvgIpc) is 3.30. The molecule has 0 radical (unpaired) electrons. The Balaban J connectivity index is 1.49. The lowest BCUT2D eigenvalue weighted by Gasteiger charge is -2.38. The first kappa shape index (κ1) is 24.8. The minimum absolute atomic E-state index is 0.143. The number of hydrogen-bond donors (Lipinski definition) is 2. The summed E-state index contributed by atoms with van der Waals surface area (Å²) in [7, 11) is 1.57. The molecule has 3 heterocycles. The molecule has 37 heavy (non-hydrogen) atoms. The number of anilines is 2. The van der Waals surface area contributed by atoms with Crippen LogP contribution in [0.1, 0.15) is 52.7 Å². The minimum atomic E-state index is -0.756. The Hall–Kier alpha value is -3.89. The Morgan fingerprint density at radius 2 is 1.62 bits per heavy atom. The van der Waals surface area contributed by atoms with Crippen LogP contribution in [-0.2, 0) is 11.2 Å². The molecule has 0 aliphatic carbocycles. The third kappa shape index (κ3) is 4.54. The van der Waals surface area contributed by atoms with Crippen LogP contribution in [0.2, 0.25) is 0 Å². The summed E-state index contributed by atoms with van der Waals surface area (Å²) in [5, 5.41) is 25.2. The van der Waals surface area contributed by atoms with E-state index in [9.17, 15) is 19.8 Å². The standard InChI is InChI=1S/C27H30N4O6/c1-3-37-27(35)24-21-15-16-29(17-7-9-18(10-8-17)30-22(32)5-4-6-23(30)33)26(34)25(21)31(28-24)19-11-13-20(36-2)14-12-19/h7-14,22-23,32-33H,3-6,15-16H2,1-2H3. The van der Waals surface area contributed by atoms with Gasteiger partial charge in [-0.1, -0.05) is 0 Å². The maximum absolute atomic E-state index is 13.8. The van der Waals surface area contributed by atoms with E-state index in [2.05, 4.69) is 5.10 Å². The van der Waals surface area contributed by atoms with Gasteiger partial charge in [-0.3, -0.25) is 4.79 Å². The summed E-state index contributed by atoms with van der Waals surface area (Å²) >= 11 is 0. The number of carbonyl (C=O) groups is 2. The smallest absolute Gasteiger partial charge is 0.359 e. The number of carbonyl (C=O) groups excluding carboxylic acids is 2. The lowest BCUT2D eigenvalue weighted by molar-refractivity contribution is 0.0440. The number of esters is 1. The molecule has 10 nitrogen and oxygen atoms in total. The van der Waals surface area contributed by atoms with E-state index >= 15 is 0 Å². The Morgan fingerprint density at radius 1 is 1.00 bits per heavy atom. The predicted octanol–water partition coefficient (Wildman–Crippen LogP) is 2.89. The number of rotatable bonds is 6. The van der Waals surface area contributed by atoms with Crippen molar-refractivity contribution < 1.29 is 29.3 Å². The first-order valence-corrected chi connectivity index (χ1v) is 12.4. The van der Waals surface area contributed by atoms with Crippen molar-refractivity contribution in [2.45, 2.75) is 45.1 Å². The van der Waals surface area contributed by atoms with Crippen LogP contribution in [0.3, 0.4) is 0 Å². The van der Waals surface area contributed by atoms with Gasteiger partial charge in [0.05, 0.1) is 19.4 Å². The number of benzene rings is 2. The van der Waals surface area contributed by atoms with Crippen LogP contribution < -0.4 is 14.5 Å². The third-order valence-corrected chi connectivity index (χ3v) is 6.83. The first-order chi connectivity index (χ1) is 17.9. The zero-order valence-corrected chi connectivity index (χ0v) is 20.8. The summed E-state index contributed by atoms with van der Waals surface area (Å²) in [4.78, 5) is 29.7. The number of nitrogens with zero attached hydrogens (tertiary/aromatic N) is 4. The molecule has 1 saturated heterocycles. The molecular formula is C27H30N4O6. The van der Waals surface area contributed by atoms with E-state index in [4.69, 9.17) is 9.47 Å². The Bertz CT molecular complexity index is 1280. The number of hydrogen-bond acceptors (Lipinski definition) is 8. The van der Waals surface area contributed by atoms with Crippen LogP contribution in [0.25, 0.3) is 5.69 Å². The van der Waals surface area contributed by atoms with E-state index in [1.165, 1.54) is 4.68 Å². The van der Waals surface area contributed by atoms with Crippen LogP contribution in [0.5, 0.6) is 5.75 Å². The summed E-state index contributed by atoms with van der Waals surface area (Å²) < 4.78 is 11.9. The number of aliphatic hydroxyl groups excluding tert-OH is 2. The van der Waals surface area contributed by atoms with Gasteiger partial charge in [0.1, 0.15) is 23.9 Å². The van der Waals surface area contributed by atoms with Crippen molar-refractivity contribution in [3.8, 4) is 11.4 Å². The van der Waals surface area contributed by atoms with Crippen LogP contribution in [0.4, 0.5) is 11.4 Å². The van der Waals surface area contributed by atoms with Crippen LogP contribution in [0.15, 0.2) is 48.5 Å². The highest BCUT2D eigenvalue weighted by Gasteiger charge is 2.36. The SMILES string of the molecule is CCOC(=O)c1nn(-c2ccc(OC)cc2)c2c1CCN(c1ccc(N3C(O)CCCC3O)cc1)C2=O. The van der Waals surface area contributed by atoms with E-state index in [1.807, 2.05) is 0 Å². The van der Waals surface area contributed by atoms with E-state index in [-0.39, 0.29) is 18.2 Å². The molecule has 0 spiro atoms. The van der Waals surface area contributed by atoms with Gasteiger partial charge in [0, 0.05) is 23.5 Å². The van der Waals surface area contributed by atoms with Crippen LogP contribution >= 0.6 is 0 Å². The second kappa shape index (κ2) is 10.2. The van der Waals surface area contributed by atoms with Gasteiger partial charge in [-0.2, -0.15) is 5.10 Å². The Morgan fingerprint density at radius 3 is 2.24 bits per heavy atom. The first-order valence-electron chi connectivity index (χ1n) is 12.4. The second-order valence-corrected chi connectivity index (χ2v) is 9.03. The Kier molecular flexibility index (Phi) is 6.86. The van der Waals surface area contributed by atoms with Crippen molar-refractivity contribution in [1.82, 2.24) is 9.78 Å².